The Hall–Kier alpha value is -1.34. The maximum atomic E-state index is 9.51. The van der Waals surface area contributed by atoms with Crippen LogP contribution in [-0.2, 0) is 0 Å². The molecule has 0 saturated carbocycles. The van der Waals surface area contributed by atoms with E-state index in [2.05, 4.69) is 11.8 Å². The van der Waals surface area contributed by atoms with E-state index in [4.69, 9.17) is 5.11 Å². The summed E-state index contributed by atoms with van der Waals surface area (Å²) < 4.78 is 0. The lowest BCUT2D eigenvalue weighted by Gasteiger charge is -2.08. The van der Waals surface area contributed by atoms with Crippen molar-refractivity contribution in [1.29, 1.82) is 0 Å². The van der Waals surface area contributed by atoms with E-state index in [9.17, 15) is 10.2 Å². The van der Waals surface area contributed by atoms with Crippen LogP contribution in [0, 0.1) is 11.8 Å². The minimum atomic E-state index is -0.958. The first-order valence-electron chi connectivity index (χ1n) is 5.65. The highest BCUT2D eigenvalue weighted by Crippen LogP contribution is 1.99. The van der Waals surface area contributed by atoms with Gasteiger partial charge in [-0.15, -0.1) is 0 Å². The summed E-state index contributed by atoms with van der Waals surface area (Å²) in [6.07, 6.45) is 9.17. The van der Waals surface area contributed by atoms with Gasteiger partial charge >= 0.3 is 0 Å². The lowest BCUT2D eigenvalue weighted by atomic mass is 10.1. The Morgan fingerprint density at radius 2 is 1.71 bits per heavy atom. The second-order valence-electron chi connectivity index (χ2n) is 3.42. The van der Waals surface area contributed by atoms with Gasteiger partial charge in [0.15, 0.2) is 0 Å². The third kappa shape index (κ3) is 9.58. The van der Waals surface area contributed by atoms with Crippen LogP contribution in [0.1, 0.15) is 19.8 Å². The normalized spacial score (nSPS) is 15.3. The third-order valence-electron chi connectivity index (χ3n) is 1.92. The monoisotopic (exact) mass is 236 g/mol. The summed E-state index contributed by atoms with van der Waals surface area (Å²) in [7, 11) is 0. The van der Waals surface area contributed by atoms with Crippen LogP contribution in [0.4, 0.5) is 0 Å². The molecule has 0 saturated heterocycles. The van der Waals surface area contributed by atoms with E-state index in [0.717, 1.165) is 0 Å². The Labute approximate surface area is 103 Å². The lowest BCUT2D eigenvalue weighted by molar-refractivity contribution is 0.0807. The van der Waals surface area contributed by atoms with Gasteiger partial charge in [-0.3, -0.25) is 0 Å². The van der Waals surface area contributed by atoms with Gasteiger partial charge in [0.1, 0.15) is 12.2 Å². The first kappa shape index (κ1) is 15.7. The number of aliphatic hydroxyl groups is 3. The zero-order chi connectivity index (χ0) is 12.9. The summed E-state index contributed by atoms with van der Waals surface area (Å²) >= 11 is 0. The fraction of sp³-hybridized carbons (Fsp3) is 0.429. The molecule has 0 aromatic heterocycles. The second-order valence-corrected chi connectivity index (χ2v) is 3.42. The SMILES string of the molecule is C/C=C/C#C/C=C/C(O)C(O)/C=C/CCCO. The van der Waals surface area contributed by atoms with Crippen LogP contribution in [0.2, 0.25) is 0 Å². The molecule has 0 heterocycles. The molecule has 17 heavy (non-hydrogen) atoms. The molecule has 2 atom stereocenters. The van der Waals surface area contributed by atoms with Crippen molar-refractivity contribution in [3.8, 4) is 11.8 Å². The average molecular weight is 236 g/mol. The van der Waals surface area contributed by atoms with Crippen molar-refractivity contribution in [3.05, 3.63) is 36.5 Å². The lowest BCUT2D eigenvalue weighted by Crippen LogP contribution is -2.20. The number of rotatable bonds is 6. The maximum absolute atomic E-state index is 9.51. The summed E-state index contributed by atoms with van der Waals surface area (Å²) in [5, 5.41) is 27.6. The summed E-state index contributed by atoms with van der Waals surface area (Å²) in [5.74, 6) is 5.44. The van der Waals surface area contributed by atoms with Gasteiger partial charge in [-0.25, -0.2) is 0 Å². The molecular formula is C14H20O3. The fourth-order valence-corrected chi connectivity index (χ4v) is 0.999. The molecular weight excluding hydrogens is 216 g/mol. The molecule has 94 valence electrons. The molecule has 0 bridgehead atoms. The van der Waals surface area contributed by atoms with Crippen molar-refractivity contribution >= 4 is 0 Å². The molecule has 0 amide bonds. The van der Waals surface area contributed by atoms with E-state index in [1.54, 1.807) is 12.2 Å². The number of hydrogen-bond donors (Lipinski definition) is 3. The molecule has 3 N–H and O–H groups in total. The molecule has 0 aromatic carbocycles. The minimum absolute atomic E-state index is 0.128. The van der Waals surface area contributed by atoms with E-state index in [-0.39, 0.29) is 6.61 Å². The first-order chi connectivity index (χ1) is 8.22. The topological polar surface area (TPSA) is 60.7 Å². The largest absolute Gasteiger partial charge is 0.396 e. The third-order valence-corrected chi connectivity index (χ3v) is 1.92. The number of unbranched alkanes of at least 4 members (excludes halogenated alkanes) is 1. The quantitative estimate of drug-likeness (QED) is 0.368. The van der Waals surface area contributed by atoms with Gasteiger partial charge in [-0.2, -0.15) is 0 Å². The van der Waals surface area contributed by atoms with Gasteiger partial charge in [0, 0.05) is 6.61 Å². The fourth-order valence-electron chi connectivity index (χ4n) is 0.999. The van der Waals surface area contributed by atoms with Crippen LogP contribution in [0.5, 0.6) is 0 Å². The van der Waals surface area contributed by atoms with Gasteiger partial charge in [0.2, 0.25) is 0 Å². The molecule has 0 aliphatic heterocycles. The number of aliphatic hydroxyl groups excluding tert-OH is 3. The van der Waals surface area contributed by atoms with Crippen LogP contribution < -0.4 is 0 Å². The summed E-state index contributed by atoms with van der Waals surface area (Å²) in [6, 6.07) is 0. The van der Waals surface area contributed by atoms with Gasteiger partial charge in [-0.1, -0.05) is 30.1 Å². The molecule has 0 rings (SSSR count). The van der Waals surface area contributed by atoms with E-state index in [0.29, 0.717) is 12.8 Å². The molecule has 0 spiro atoms. The van der Waals surface area contributed by atoms with Crippen molar-refractivity contribution in [2.75, 3.05) is 6.61 Å². The Kier molecular flexibility index (Phi) is 10.3. The second kappa shape index (κ2) is 11.2. The Bertz CT molecular complexity index is 318. The van der Waals surface area contributed by atoms with Gasteiger partial charge < -0.3 is 15.3 Å². The molecule has 0 aliphatic carbocycles. The number of hydrogen-bond acceptors (Lipinski definition) is 3. The highest BCUT2D eigenvalue weighted by molar-refractivity contribution is 5.24. The molecule has 0 fully saturated rings. The van der Waals surface area contributed by atoms with Crippen molar-refractivity contribution in [2.45, 2.75) is 32.0 Å². The smallest absolute Gasteiger partial charge is 0.102 e. The van der Waals surface area contributed by atoms with Crippen LogP contribution in [-0.4, -0.2) is 34.1 Å². The predicted molar refractivity (Wildman–Crippen MR) is 69.2 cm³/mol. The highest BCUT2D eigenvalue weighted by atomic mass is 16.3. The van der Waals surface area contributed by atoms with Crippen molar-refractivity contribution in [1.82, 2.24) is 0 Å². The van der Waals surface area contributed by atoms with Crippen molar-refractivity contribution < 1.29 is 15.3 Å². The Balaban J connectivity index is 4.01. The van der Waals surface area contributed by atoms with Crippen LogP contribution in [0.3, 0.4) is 0 Å². The standard InChI is InChI=1S/C14H20O3/c1-2-3-4-5-7-10-13(16)14(17)11-8-6-9-12-15/h2-3,7-8,10-11,13-17H,6,9,12H2,1H3/b3-2+,10-7+,11-8+. The molecule has 3 heteroatoms. The van der Waals surface area contributed by atoms with E-state index in [1.807, 2.05) is 13.0 Å². The van der Waals surface area contributed by atoms with E-state index in [1.165, 1.54) is 18.2 Å². The highest BCUT2D eigenvalue weighted by Gasteiger charge is 2.07. The average Bonchev–Trinajstić information content (AvgIpc) is 2.34. The zero-order valence-corrected chi connectivity index (χ0v) is 10.1. The van der Waals surface area contributed by atoms with Crippen LogP contribution in [0.25, 0.3) is 0 Å². The predicted octanol–water partition coefficient (Wildman–Crippen LogP) is 1.17. The summed E-state index contributed by atoms with van der Waals surface area (Å²) in [5.41, 5.74) is 0. The maximum Gasteiger partial charge on any atom is 0.102 e. The Morgan fingerprint density at radius 3 is 2.35 bits per heavy atom. The van der Waals surface area contributed by atoms with E-state index >= 15 is 0 Å². The number of allylic oxidation sites excluding steroid dienone is 4. The Morgan fingerprint density at radius 1 is 1.06 bits per heavy atom. The zero-order valence-electron chi connectivity index (χ0n) is 10.1. The van der Waals surface area contributed by atoms with Crippen LogP contribution >= 0.6 is 0 Å². The molecule has 2 unspecified atom stereocenters. The molecule has 0 aliphatic rings. The van der Waals surface area contributed by atoms with Gasteiger partial charge in [0.05, 0.1) is 0 Å². The molecule has 0 radical (unpaired) electrons. The summed E-state index contributed by atoms with van der Waals surface area (Å²) in [4.78, 5) is 0. The van der Waals surface area contributed by atoms with Crippen molar-refractivity contribution in [3.63, 3.8) is 0 Å². The summed E-state index contributed by atoms with van der Waals surface area (Å²) in [6.45, 7) is 2.00. The van der Waals surface area contributed by atoms with Crippen molar-refractivity contribution in [2.24, 2.45) is 0 Å². The molecule has 0 aromatic rings. The molecule has 3 nitrogen and oxygen atoms in total. The minimum Gasteiger partial charge on any atom is -0.396 e. The first-order valence-corrected chi connectivity index (χ1v) is 5.65. The van der Waals surface area contributed by atoms with Gasteiger partial charge in [0.25, 0.3) is 0 Å². The van der Waals surface area contributed by atoms with Gasteiger partial charge in [-0.05, 0) is 38.0 Å². The van der Waals surface area contributed by atoms with Crippen LogP contribution in [0.15, 0.2) is 36.5 Å². The van der Waals surface area contributed by atoms with E-state index < -0.39 is 12.2 Å².